The van der Waals surface area contributed by atoms with Gasteiger partial charge in [-0.25, -0.2) is 8.42 Å². The monoisotopic (exact) mass is 490 g/mol. The van der Waals surface area contributed by atoms with Crippen molar-refractivity contribution in [3.05, 3.63) is 52.0 Å². The molecule has 1 N–H and O–H groups in total. The number of fused-ring (bicyclic) bond motifs is 1. The highest BCUT2D eigenvalue weighted by atomic mass is 79.9. The molecule has 30 heavy (non-hydrogen) atoms. The van der Waals surface area contributed by atoms with E-state index < -0.39 is 9.84 Å². The van der Waals surface area contributed by atoms with Crippen molar-refractivity contribution in [3.8, 4) is 0 Å². The van der Waals surface area contributed by atoms with Crippen LogP contribution in [-0.2, 0) is 25.8 Å². The molecule has 1 fully saturated rings. The highest BCUT2D eigenvalue weighted by Crippen LogP contribution is 2.39. The van der Waals surface area contributed by atoms with Gasteiger partial charge < -0.3 is 10.2 Å². The molecule has 2 aromatic carbocycles. The van der Waals surface area contributed by atoms with Crippen LogP contribution in [0.3, 0.4) is 0 Å². The maximum atomic E-state index is 13.0. The predicted octanol–water partition coefficient (Wildman–Crippen LogP) is 3.86. The summed E-state index contributed by atoms with van der Waals surface area (Å²) in [6, 6.07) is 10.7. The minimum atomic E-state index is -3.71. The molecule has 0 saturated heterocycles. The van der Waals surface area contributed by atoms with Crippen LogP contribution in [0.15, 0.2) is 45.8 Å². The van der Waals surface area contributed by atoms with E-state index in [1.165, 1.54) is 0 Å². The van der Waals surface area contributed by atoms with Gasteiger partial charge in [-0.3, -0.25) is 9.59 Å². The predicted molar refractivity (Wildman–Crippen MR) is 119 cm³/mol. The number of nitrogens with zero attached hydrogens (tertiary/aromatic N) is 1. The Morgan fingerprint density at radius 2 is 1.87 bits per heavy atom. The minimum Gasteiger partial charge on any atom is -0.326 e. The number of hydrogen-bond donors (Lipinski definition) is 1. The van der Waals surface area contributed by atoms with Gasteiger partial charge in [0.1, 0.15) is 0 Å². The van der Waals surface area contributed by atoms with E-state index in [1.807, 2.05) is 19.1 Å². The minimum absolute atomic E-state index is 0.0742. The summed E-state index contributed by atoms with van der Waals surface area (Å²) in [4.78, 5) is 26.6. The Bertz CT molecular complexity index is 1110. The molecule has 0 bridgehead atoms. The first-order chi connectivity index (χ1) is 14.2. The number of amides is 2. The molecule has 4 rings (SSSR count). The Morgan fingerprint density at radius 1 is 1.17 bits per heavy atom. The molecule has 2 aromatic rings. The average Bonchev–Trinajstić information content (AvgIpc) is 3.47. The number of anilines is 2. The summed E-state index contributed by atoms with van der Waals surface area (Å²) in [5.41, 5.74) is 3.35. The van der Waals surface area contributed by atoms with E-state index in [4.69, 9.17) is 0 Å². The van der Waals surface area contributed by atoms with Crippen molar-refractivity contribution in [1.29, 1.82) is 0 Å². The Kier molecular flexibility index (Phi) is 5.72. The Morgan fingerprint density at radius 3 is 2.53 bits per heavy atom. The molecule has 158 valence electrons. The fourth-order valence-electron chi connectivity index (χ4n) is 3.60. The molecule has 2 aliphatic rings. The molecular weight excluding hydrogens is 468 g/mol. The number of benzene rings is 2. The zero-order valence-corrected chi connectivity index (χ0v) is 19.1. The largest absolute Gasteiger partial charge is 0.326 e. The van der Waals surface area contributed by atoms with Crippen molar-refractivity contribution in [2.24, 2.45) is 5.92 Å². The number of carbonyl (C=O) groups excluding carboxylic acids is 2. The summed E-state index contributed by atoms with van der Waals surface area (Å²) >= 11 is 3.37. The second-order valence-electron chi connectivity index (χ2n) is 7.91. The van der Waals surface area contributed by atoms with Crippen molar-refractivity contribution >= 4 is 49.0 Å². The number of aryl methyl sites for hydroxylation is 1. The van der Waals surface area contributed by atoms with Crippen molar-refractivity contribution < 1.29 is 18.0 Å². The quantitative estimate of drug-likeness (QED) is 0.666. The average molecular weight is 491 g/mol. The normalized spacial score (nSPS) is 15.7. The van der Waals surface area contributed by atoms with Crippen LogP contribution in [0.2, 0.25) is 0 Å². The molecule has 0 spiro atoms. The lowest BCUT2D eigenvalue weighted by Gasteiger charge is -2.18. The van der Waals surface area contributed by atoms with Gasteiger partial charge in [-0.2, -0.15) is 0 Å². The summed E-state index contributed by atoms with van der Waals surface area (Å²) in [6.07, 6.45) is 2.38. The lowest BCUT2D eigenvalue weighted by Crippen LogP contribution is -2.30. The molecule has 1 aliphatic heterocycles. The fourth-order valence-corrected chi connectivity index (χ4v) is 6.06. The van der Waals surface area contributed by atoms with Crippen LogP contribution in [0.4, 0.5) is 11.4 Å². The van der Waals surface area contributed by atoms with Crippen LogP contribution < -0.4 is 10.2 Å². The van der Waals surface area contributed by atoms with Crippen LogP contribution >= 0.6 is 15.9 Å². The van der Waals surface area contributed by atoms with Gasteiger partial charge in [-0.05, 0) is 71.9 Å². The molecule has 1 saturated carbocycles. The number of hydrogen-bond acceptors (Lipinski definition) is 4. The third kappa shape index (κ3) is 4.44. The van der Waals surface area contributed by atoms with Crippen molar-refractivity contribution in [1.82, 2.24) is 0 Å². The van der Waals surface area contributed by atoms with Gasteiger partial charge in [-0.15, -0.1) is 0 Å². The summed E-state index contributed by atoms with van der Waals surface area (Å²) in [7, 11) is -3.71. The molecule has 1 heterocycles. The summed E-state index contributed by atoms with van der Waals surface area (Å²) in [5.74, 6) is -0.508. The van der Waals surface area contributed by atoms with Crippen LogP contribution in [0.1, 0.15) is 30.4 Å². The Hall–Kier alpha value is -2.19. The molecule has 8 heteroatoms. The highest BCUT2D eigenvalue weighted by molar-refractivity contribution is 9.10. The van der Waals surface area contributed by atoms with Crippen molar-refractivity contribution in [3.63, 3.8) is 0 Å². The molecule has 2 amide bonds. The summed E-state index contributed by atoms with van der Waals surface area (Å²) in [6.45, 7) is 2.53. The standard InChI is InChI=1S/C22H23BrN2O4S/c1-14-2-6-17(7-3-14)24-21(26)9-11-30(28,29)20-13-19-16(12-18(20)23)8-10-25(19)22(27)15-4-5-15/h2-3,6-7,12-13,15H,4-5,8-11H2,1H3,(H,24,26). The first-order valence-electron chi connectivity index (χ1n) is 9.98. The number of rotatable bonds is 6. The lowest BCUT2D eigenvalue weighted by molar-refractivity contribution is -0.119. The number of nitrogens with one attached hydrogen (secondary N) is 1. The molecular formula is C22H23BrN2O4S. The van der Waals surface area contributed by atoms with Crippen LogP contribution in [0, 0.1) is 12.8 Å². The zero-order chi connectivity index (χ0) is 21.5. The van der Waals surface area contributed by atoms with E-state index in [-0.39, 0.29) is 34.8 Å². The summed E-state index contributed by atoms with van der Waals surface area (Å²) < 4.78 is 26.4. The number of carbonyl (C=O) groups is 2. The van der Waals surface area contributed by atoms with E-state index in [1.54, 1.807) is 29.2 Å². The molecule has 1 aliphatic carbocycles. The van der Waals surface area contributed by atoms with E-state index in [0.717, 1.165) is 24.0 Å². The fraction of sp³-hybridized carbons (Fsp3) is 0.364. The van der Waals surface area contributed by atoms with E-state index in [9.17, 15) is 18.0 Å². The molecule has 6 nitrogen and oxygen atoms in total. The van der Waals surface area contributed by atoms with Crippen LogP contribution in [-0.4, -0.2) is 32.5 Å². The van der Waals surface area contributed by atoms with Gasteiger partial charge in [0.05, 0.1) is 10.6 Å². The Labute approximate surface area is 184 Å². The smallest absolute Gasteiger partial charge is 0.230 e. The molecule has 0 unspecified atom stereocenters. The van der Waals surface area contributed by atoms with Gasteiger partial charge in [0.2, 0.25) is 11.8 Å². The second kappa shape index (κ2) is 8.15. The SMILES string of the molecule is Cc1ccc(NC(=O)CCS(=O)(=O)c2cc3c(cc2Br)CCN3C(=O)C2CC2)cc1. The van der Waals surface area contributed by atoms with Crippen molar-refractivity contribution in [2.75, 3.05) is 22.5 Å². The third-order valence-corrected chi connectivity index (χ3v) is 8.16. The van der Waals surface area contributed by atoms with Crippen molar-refractivity contribution in [2.45, 2.75) is 37.5 Å². The van der Waals surface area contributed by atoms with E-state index >= 15 is 0 Å². The zero-order valence-electron chi connectivity index (χ0n) is 16.7. The van der Waals surface area contributed by atoms with E-state index in [2.05, 4.69) is 21.2 Å². The second-order valence-corrected chi connectivity index (χ2v) is 10.8. The maximum absolute atomic E-state index is 13.0. The lowest BCUT2D eigenvalue weighted by atomic mass is 10.2. The Balaban J connectivity index is 1.48. The first kappa shape index (κ1) is 21.1. The maximum Gasteiger partial charge on any atom is 0.230 e. The number of halogens is 1. The third-order valence-electron chi connectivity index (χ3n) is 5.49. The van der Waals surface area contributed by atoms with Gasteiger partial charge in [0.15, 0.2) is 9.84 Å². The van der Waals surface area contributed by atoms with Gasteiger partial charge >= 0.3 is 0 Å². The van der Waals surface area contributed by atoms with E-state index in [0.29, 0.717) is 28.8 Å². The number of sulfone groups is 1. The molecule has 0 atom stereocenters. The first-order valence-corrected chi connectivity index (χ1v) is 12.4. The highest BCUT2D eigenvalue weighted by Gasteiger charge is 2.37. The molecule has 0 radical (unpaired) electrons. The van der Waals surface area contributed by atoms with Gasteiger partial charge in [0, 0.05) is 34.7 Å². The topological polar surface area (TPSA) is 83.6 Å². The van der Waals surface area contributed by atoms with Crippen LogP contribution in [0.25, 0.3) is 0 Å². The van der Waals surface area contributed by atoms with Gasteiger partial charge in [-0.1, -0.05) is 17.7 Å². The van der Waals surface area contributed by atoms with Gasteiger partial charge in [0.25, 0.3) is 0 Å². The molecule has 0 aromatic heterocycles. The van der Waals surface area contributed by atoms with Crippen LogP contribution in [0.5, 0.6) is 0 Å². The summed E-state index contributed by atoms with van der Waals surface area (Å²) in [5, 5.41) is 2.72.